The van der Waals surface area contributed by atoms with Crippen molar-refractivity contribution in [2.24, 2.45) is 0 Å². The van der Waals surface area contributed by atoms with Gasteiger partial charge in [-0.1, -0.05) is 30.3 Å². The molecule has 1 heterocycles. The minimum Gasteiger partial charge on any atom is -0.492 e. The van der Waals surface area contributed by atoms with Crippen LogP contribution in [0.3, 0.4) is 0 Å². The molecule has 0 bridgehead atoms. The largest absolute Gasteiger partial charge is 0.492 e. The van der Waals surface area contributed by atoms with Crippen LogP contribution in [-0.2, 0) is 22.4 Å². The third-order valence-electron chi connectivity index (χ3n) is 4.93. The lowest BCUT2D eigenvalue weighted by atomic mass is 9.99. The highest BCUT2D eigenvalue weighted by Crippen LogP contribution is 2.19. The molecular weight excluding hydrogens is 372 g/mol. The number of hydrogen-bond donors (Lipinski definition) is 2. The van der Waals surface area contributed by atoms with Gasteiger partial charge in [0.1, 0.15) is 18.5 Å². The van der Waals surface area contributed by atoms with Gasteiger partial charge >= 0.3 is 0 Å². The molecule has 0 radical (unpaired) electrons. The third-order valence-corrected chi connectivity index (χ3v) is 4.93. The molecule has 1 atom stereocenters. The number of benzene rings is 2. The number of ether oxygens (including phenoxy) is 2. The van der Waals surface area contributed by atoms with E-state index >= 15 is 0 Å². The fraction of sp³-hybridized carbons (Fsp3) is 0.364. The number of rotatable bonds is 9. The first-order valence-electron chi connectivity index (χ1n) is 9.76. The molecule has 1 aliphatic rings. The van der Waals surface area contributed by atoms with Crippen molar-refractivity contribution in [3.63, 3.8) is 0 Å². The number of hydrogen-bond acceptors (Lipinski definition) is 5. The van der Waals surface area contributed by atoms with Gasteiger partial charge < -0.3 is 14.4 Å². The molecule has 2 N–H and O–H groups in total. The maximum atomic E-state index is 12.5. The van der Waals surface area contributed by atoms with E-state index in [0.717, 1.165) is 23.1 Å². The van der Waals surface area contributed by atoms with E-state index in [4.69, 9.17) is 14.7 Å². The number of carbonyl (C=O) groups is 2. The zero-order chi connectivity index (χ0) is 20.6. The van der Waals surface area contributed by atoms with E-state index in [9.17, 15) is 9.59 Å². The van der Waals surface area contributed by atoms with Crippen molar-refractivity contribution in [2.75, 3.05) is 26.3 Å². The lowest BCUT2D eigenvalue weighted by molar-refractivity contribution is -0.141. The summed E-state index contributed by atoms with van der Waals surface area (Å²) in [4.78, 5) is 26.0. The number of carbonyl (C=O) groups excluding carboxylic acids is 2. The molecule has 7 heteroatoms. The van der Waals surface area contributed by atoms with Crippen molar-refractivity contribution < 1.29 is 24.3 Å². The molecular formula is C22H26N2O5. The SMILES string of the molecule is CCOC(Cc1ccc(OCCN2CCc3ccccc3C2=O)cc1)C(=O)NO. The van der Waals surface area contributed by atoms with Crippen LogP contribution in [-0.4, -0.2) is 54.3 Å². The molecule has 154 valence electrons. The van der Waals surface area contributed by atoms with Crippen molar-refractivity contribution in [3.8, 4) is 5.75 Å². The van der Waals surface area contributed by atoms with Crippen LogP contribution in [0.5, 0.6) is 5.75 Å². The van der Waals surface area contributed by atoms with E-state index in [1.807, 2.05) is 53.4 Å². The van der Waals surface area contributed by atoms with Crippen LogP contribution < -0.4 is 10.2 Å². The fourth-order valence-corrected chi connectivity index (χ4v) is 3.40. The lowest BCUT2D eigenvalue weighted by Crippen LogP contribution is -2.40. The fourth-order valence-electron chi connectivity index (χ4n) is 3.40. The van der Waals surface area contributed by atoms with Gasteiger partial charge in [0.15, 0.2) is 0 Å². The summed E-state index contributed by atoms with van der Waals surface area (Å²) >= 11 is 0. The van der Waals surface area contributed by atoms with Gasteiger partial charge in [-0.25, -0.2) is 5.48 Å². The molecule has 0 saturated heterocycles. The maximum Gasteiger partial charge on any atom is 0.272 e. The van der Waals surface area contributed by atoms with Gasteiger partial charge in [-0.3, -0.25) is 14.8 Å². The van der Waals surface area contributed by atoms with Crippen molar-refractivity contribution in [1.82, 2.24) is 10.4 Å². The standard InChI is InChI=1S/C22H26N2O5/c1-2-28-20(21(25)23-27)15-16-7-9-18(10-8-16)29-14-13-24-12-11-17-5-3-4-6-19(17)22(24)26/h3-10,20,27H,2,11-15H2,1H3,(H,23,25). The van der Waals surface area contributed by atoms with E-state index in [-0.39, 0.29) is 5.91 Å². The van der Waals surface area contributed by atoms with Crippen LogP contribution in [0.2, 0.25) is 0 Å². The van der Waals surface area contributed by atoms with E-state index in [0.29, 0.717) is 38.5 Å². The maximum absolute atomic E-state index is 12.5. The molecule has 1 aliphatic heterocycles. The van der Waals surface area contributed by atoms with Crippen molar-refractivity contribution in [3.05, 3.63) is 65.2 Å². The highest BCUT2D eigenvalue weighted by molar-refractivity contribution is 5.96. The van der Waals surface area contributed by atoms with E-state index < -0.39 is 12.0 Å². The molecule has 2 aromatic carbocycles. The second-order valence-electron chi connectivity index (χ2n) is 6.82. The Kier molecular flexibility index (Phi) is 7.21. The van der Waals surface area contributed by atoms with Crippen LogP contribution in [0.4, 0.5) is 0 Å². The summed E-state index contributed by atoms with van der Waals surface area (Å²) in [5.41, 5.74) is 4.40. The van der Waals surface area contributed by atoms with Crippen LogP contribution in [0.15, 0.2) is 48.5 Å². The number of hydroxylamine groups is 1. The Bertz CT molecular complexity index is 837. The number of nitrogens with one attached hydrogen (secondary N) is 1. The predicted octanol–water partition coefficient (Wildman–Crippen LogP) is 2.22. The van der Waals surface area contributed by atoms with Gasteiger partial charge in [0.2, 0.25) is 0 Å². The number of nitrogens with zero attached hydrogens (tertiary/aromatic N) is 1. The molecule has 0 spiro atoms. The van der Waals surface area contributed by atoms with Crippen LogP contribution >= 0.6 is 0 Å². The summed E-state index contributed by atoms with van der Waals surface area (Å²) in [6, 6.07) is 15.1. The summed E-state index contributed by atoms with van der Waals surface area (Å²) < 4.78 is 11.1. The monoisotopic (exact) mass is 398 g/mol. The zero-order valence-corrected chi connectivity index (χ0v) is 16.5. The summed E-state index contributed by atoms with van der Waals surface area (Å²) in [6.07, 6.45) is 0.464. The minimum absolute atomic E-state index is 0.0509. The Morgan fingerprint density at radius 1 is 1.21 bits per heavy atom. The normalized spacial score (nSPS) is 14.3. The zero-order valence-electron chi connectivity index (χ0n) is 16.5. The number of amides is 2. The average Bonchev–Trinajstić information content (AvgIpc) is 2.76. The van der Waals surface area contributed by atoms with E-state index in [1.165, 1.54) is 0 Å². The highest BCUT2D eigenvalue weighted by atomic mass is 16.5. The first-order chi connectivity index (χ1) is 14.1. The van der Waals surface area contributed by atoms with Gasteiger partial charge in [0.05, 0.1) is 6.54 Å². The van der Waals surface area contributed by atoms with Crippen LogP contribution in [0.1, 0.15) is 28.4 Å². The van der Waals surface area contributed by atoms with Gasteiger partial charge in [-0.15, -0.1) is 0 Å². The van der Waals surface area contributed by atoms with Gasteiger partial charge in [-0.2, -0.15) is 0 Å². The second kappa shape index (κ2) is 10.0. The summed E-state index contributed by atoms with van der Waals surface area (Å²) in [6.45, 7) is 3.79. The molecule has 1 unspecified atom stereocenters. The highest BCUT2D eigenvalue weighted by Gasteiger charge is 2.23. The number of fused-ring (bicyclic) bond motifs is 1. The molecule has 29 heavy (non-hydrogen) atoms. The molecule has 0 aliphatic carbocycles. The second-order valence-corrected chi connectivity index (χ2v) is 6.82. The predicted molar refractivity (Wildman–Crippen MR) is 107 cm³/mol. The molecule has 3 rings (SSSR count). The van der Waals surface area contributed by atoms with Gasteiger partial charge in [0, 0.05) is 25.1 Å². The smallest absolute Gasteiger partial charge is 0.272 e. The first kappa shape index (κ1) is 20.8. The molecule has 2 amide bonds. The van der Waals surface area contributed by atoms with Crippen molar-refractivity contribution in [1.29, 1.82) is 0 Å². The van der Waals surface area contributed by atoms with Crippen LogP contribution in [0.25, 0.3) is 0 Å². The Balaban J connectivity index is 1.49. The van der Waals surface area contributed by atoms with E-state index in [1.54, 1.807) is 12.4 Å². The Hall–Kier alpha value is -2.90. The van der Waals surface area contributed by atoms with Crippen molar-refractivity contribution in [2.45, 2.75) is 25.9 Å². The summed E-state index contributed by atoms with van der Waals surface area (Å²) in [5, 5.41) is 8.80. The molecule has 0 aromatic heterocycles. The average molecular weight is 398 g/mol. The Morgan fingerprint density at radius 2 is 1.97 bits per heavy atom. The molecule has 0 fully saturated rings. The topological polar surface area (TPSA) is 88.1 Å². The minimum atomic E-state index is -0.746. The molecule has 0 saturated carbocycles. The molecule has 2 aromatic rings. The Morgan fingerprint density at radius 3 is 2.69 bits per heavy atom. The first-order valence-corrected chi connectivity index (χ1v) is 9.76. The Labute approximate surface area is 170 Å². The third kappa shape index (κ3) is 5.34. The van der Waals surface area contributed by atoms with Crippen molar-refractivity contribution >= 4 is 11.8 Å². The van der Waals surface area contributed by atoms with Crippen LogP contribution in [0, 0.1) is 0 Å². The quantitative estimate of drug-likeness (QED) is 0.500. The van der Waals surface area contributed by atoms with E-state index in [2.05, 4.69) is 0 Å². The summed E-state index contributed by atoms with van der Waals surface area (Å²) in [5.74, 6) is 0.174. The summed E-state index contributed by atoms with van der Waals surface area (Å²) in [7, 11) is 0. The molecule has 7 nitrogen and oxygen atoms in total. The van der Waals surface area contributed by atoms with Gasteiger partial charge in [0.25, 0.3) is 11.8 Å². The van der Waals surface area contributed by atoms with Gasteiger partial charge in [-0.05, 0) is 42.7 Å². The lowest BCUT2D eigenvalue weighted by Gasteiger charge is -2.28.